The van der Waals surface area contributed by atoms with Crippen LogP contribution in [0.15, 0.2) is 24.3 Å². The number of nitrogens with one attached hydrogen (secondary N) is 1. The van der Waals surface area contributed by atoms with Crippen LogP contribution < -0.4 is 16.0 Å². The maximum Gasteiger partial charge on any atom is 0.118 e. The molecule has 2 atom stereocenters. The Hall–Kier alpha value is -1.06. The first-order valence-corrected chi connectivity index (χ1v) is 7.84. The van der Waals surface area contributed by atoms with E-state index < -0.39 is 0 Å². The Kier molecular flexibility index (Phi) is 8.31. The standard InChI is InChI=1S/C17H30N2O/c1-4-6-7-15(5-2)17(19-18)13-10-14-8-11-16(20-3)12-9-14/h8-9,11-12,15,17,19H,4-7,10,13,18H2,1-3H3. The molecule has 0 radical (unpaired) electrons. The van der Waals surface area contributed by atoms with Crippen molar-refractivity contribution in [3.8, 4) is 5.75 Å². The van der Waals surface area contributed by atoms with Gasteiger partial charge in [0.2, 0.25) is 0 Å². The number of unbranched alkanes of at least 4 members (excludes halogenated alkanes) is 1. The van der Waals surface area contributed by atoms with Gasteiger partial charge in [0.1, 0.15) is 5.75 Å². The Labute approximate surface area is 123 Å². The minimum absolute atomic E-state index is 0.411. The van der Waals surface area contributed by atoms with Crippen LogP contribution in [0.5, 0.6) is 5.75 Å². The highest BCUT2D eigenvalue weighted by atomic mass is 16.5. The fourth-order valence-corrected chi connectivity index (χ4v) is 2.73. The van der Waals surface area contributed by atoms with E-state index in [1.54, 1.807) is 7.11 Å². The molecule has 1 aromatic carbocycles. The van der Waals surface area contributed by atoms with Gasteiger partial charge in [-0.25, -0.2) is 0 Å². The van der Waals surface area contributed by atoms with E-state index in [1.807, 2.05) is 12.1 Å². The molecule has 0 aliphatic carbocycles. The molecule has 3 N–H and O–H groups in total. The lowest BCUT2D eigenvalue weighted by Gasteiger charge is -2.25. The number of ether oxygens (including phenoxy) is 1. The first-order valence-electron chi connectivity index (χ1n) is 7.84. The second kappa shape index (κ2) is 9.78. The monoisotopic (exact) mass is 278 g/mol. The summed E-state index contributed by atoms with van der Waals surface area (Å²) in [7, 11) is 1.70. The molecule has 0 spiro atoms. The summed E-state index contributed by atoms with van der Waals surface area (Å²) in [5, 5.41) is 0. The minimum Gasteiger partial charge on any atom is -0.497 e. The normalized spacial score (nSPS) is 14.0. The Bertz CT molecular complexity index is 351. The second-order valence-corrected chi connectivity index (χ2v) is 5.47. The highest BCUT2D eigenvalue weighted by Gasteiger charge is 2.18. The molecule has 0 bridgehead atoms. The van der Waals surface area contributed by atoms with Crippen LogP contribution in [0.25, 0.3) is 0 Å². The zero-order chi connectivity index (χ0) is 14.8. The quantitative estimate of drug-likeness (QED) is 0.507. The molecule has 20 heavy (non-hydrogen) atoms. The molecule has 0 aliphatic rings. The summed E-state index contributed by atoms with van der Waals surface area (Å²) in [5.74, 6) is 7.35. The van der Waals surface area contributed by atoms with Crippen molar-refractivity contribution in [1.29, 1.82) is 0 Å². The van der Waals surface area contributed by atoms with Crippen molar-refractivity contribution in [2.24, 2.45) is 11.8 Å². The summed E-state index contributed by atoms with van der Waals surface area (Å²) in [6.07, 6.45) is 7.15. The summed E-state index contributed by atoms with van der Waals surface area (Å²) in [5.41, 5.74) is 4.37. The number of nitrogens with two attached hydrogens (primary N) is 1. The molecule has 0 aromatic heterocycles. The van der Waals surface area contributed by atoms with Crippen molar-refractivity contribution in [3.63, 3.8) is 0 Å². The smallest absolute Gasteiger partial charge is 0.118 e. The predicted molar refractivity (Wildman–Crippen MR) is 85.7 cm³/mol. The number of benzene rings is 1. The van der Waals surface area contributed by atoms with Crippen molar-refractivity contribution < 1.29 is 4.74 Å². The number of rotatable bonds is 10. The minimum atomic E-state index is 0.411. The fourth-order valence-electron chi connectivity index (χ4n) is 2.73. The topological polar surface area (TPSA) is 47.3 Å². The van der Waals surface area contributed by atoms with Gasteiger partial charge >= 0.3 is 0 Å². The molecular weight excluding hydrogens is 248 g/mol. The predicted octanol–water partition coefficient (Wildman–Crippen LogP) is 3.68. The van der Waals surface area contributed by atoms with Gasteiger partial charge in [0, 0.05) is 6.04 Å². The molecule has 0 saturated heterocycles. The zero-order valence-electron chi connectivity index (χ0n) is 13.2. The van der Waals surface area contributed by atoms with Crippen LogP contribution in [0.2, 0.25) is 0 Å². The summed E-state index contributed by atoms with van der Waals surface area (Å²) in [6.45, 7) is 4.51. The molecular formula is C17H30N2O. The SMILES string of the molecule is CCCCC(CC)C(CCc1ccc(OC)cc1)NN. The van der Waals surface area contributed by atoms with Gasteiger partial charge in [-0.15, -0.1) is 0 Å². The molecule has 3 nitrogen and oxygen atoms in total. The number of hydrogen-bond donors (Lipinski definition) is 2. The van der Waals surface area contributed by atoms with Gasteiger partial charge in [-0.05, 0) is 42.9 Å². The summed E-state index contributed by atoms with van der Waals surface area (Å²) in [4.78, 5) is 0. The molecule has 1 rings (SSSR count). The van der Waals surface area contributed by atoms with E-state index in [9.17, 15) is 0 Å². The van der Waals surface area contributed by atoms with Crippen LogP contribution in [0.3, 0.4) is 0 Å². The molecule has 2 unspecified atom stereocenters. The molecule has 0 fully saturated rings. The molecule has 1 aromatic rings. The molecule has 0 saturated carbocycles. The first kappa shape index (κ1) is 17.0. The average Bonchev–Trinajstić information content (AvgIpc) is 2.51. The van der Waals surface area contributed by atoms with Crippen LogP contribution in [0.1, 0.15) is 51.5 Å². The lowest BCUT2D eigenvalue weighted by Crippen LogP contribution is -2.41. The van der Waals surface area contributed by atoms with Gasteiger partial charge in [0.15, 0.2) is 0 Å². The van der Waals surface area contributed by atoms with E-state index in [4.69, 9.17) is 10.6 Å². The van der Waals surface area contributed by atoms with Crippen LogP contribution in [-0.2, 0) is 6.42 Å². The van der Waals surface area contributed by atoms with Gasteiger partial charge < -0.3 is 4.74 Å². The zero-order valence-corrected chi connectivity index (χ0v) is 13.2. The first-order chi connectivity index (χ1) is 9.74. The lowest BCUT2D eigenvalue weighted by atomic mass is 9.88. The van der Waals surface area contributed by atoms with Gasteiger partial charge in [-0.2, -0.15) is 0 Å². The van der Waals surface area contributed by atoms with E-state index in [2.05, 4.69) is 31.4 Å². The number of hydrogen-bond acceptors (Lipinski definition) is 3. The molecule has 3 heteroatoms. The van der Waals surface area contributed by atoms with E-state index in [0.29, 0.717) is 12.0 Å². The van der Waals surface area contributed by atoms with Crippen molar-refractivity contribution >= 4 is 0 Å². The molecule has 0 heterocycles. The van der Waals surface area contributed by atoms with Crippen molar-refractivity contribution in [2.45, 2.75) is 58.4 Å². The van der Waals surface area contributed by atoms with Crippen LogP contribution in [0.4, 0.5) is 0 Å². The number of hydrazine groups is 1. The van der Waals surface area contributed by atoms with Gasteiger partial charge in [-0.1, -0.05) is 45.2 Å². The summed E-state index contributed by atoms with van der Waals surface area (Å²) >= 11 is 0. The Balaban J connectivity index is 2.49. The number of aryl methyl sites for hydroxylation is 1. The summed E-state index contributed by atoms with van der Waals surface area (Å²) in [6, 6.07) is 8.73. The van der Waals surface area contributed by atoms with Crippen LogP contribution >= 0.6 is 0 Å². The van der Waals surface area contributed by atoms with E-state index >= 15 is 0 Å². The number of methoxy groups -OCH3 is 1. The molecule has 0 aliphatic heterocycles. The Morgan fingerprint density at radius 2 is 1.85 bits per heavy atom. The Morgan fingerprint density at radius 3 is 2.35 bits per heavy atom. The van der Waals surface area contributed by atoms with Crippen molar-refractivity contribution in [1.82, 2.24) is 5.43 Å². The van der Waals surface area contributed by atoms with E-state index in [0.717, 1.165) is 18.6 Å². The van der Waals surface area contributed by atoms with Crippen molar-refractivity contribution in [2.75, 3.05) is 7.11 Å². The lowest BCUT2D eigenvalue weighted by molar-refractivity contribution is 0.306. The fraction of sp³-hybridized carbons (Fsp3) is 0.647. The highest BCUT2D eigenvalue weighted by Crippen LogP contribution is 2.21. The maximum atomic E-state index is 5.76. The third kappa shape index (κ3) is 5.51. The maximum absolute atomic E-state index is 5.76. The molecule has 114 valence electrons. The molecule has 0 amide bonds. The van der Waals surface area contributed by atoms with Crippen molar-refractivity contribution in [3.05, 3.63) is 29.8 Å². The Morgan fingerprint density at radius 1 is 1.15 bits per heavy atom. The largest absolute Gasteiger partial charge is 0.497 e. The van der Waals surface area contributed by atoms with Crippen LogP contribution in [0, 0.1) is 5.92 Å². The second-order valence-electron chi connectivity index (χ2n) is 5.47. The van der Waals surface area contributed by atoms with E-state index in [1.165, 1.54) is 31.2 Å². The average molecular weight is 278 g/mol. The highest BCUT2D eigenvalue weighted by molar-refractivity contribution is 5.27. The summed E-state index contributed by atoms with van der Waals surface area (Å²) < 4.78 is 5.18. The third-order valence-electron chi connectivity index (χ3n) is 4.14. The van der Waals surface area contributed by atoms with Crippen LogP contribution in [-0.4, -0.2) is 13.2 Å². The van der Waals surface area contributed by atoms with Gasteiger partial charge in [-0.3, -0.25) is 11.3 Å². The third-order valence-corrected chi connectivity index (χ3v) is 4.14. The van der Waals surface area contributed by atoms with E-state index in [-0.39, 0.29) is 0 Å². The van der Waals surface area contributed by atoms with Gasteiger partial charge in [0.25, 0.3) is 0 Å². The van der Waals surface area contributed by atoms with Gasteiger partial charge in [0.05, 0.1) is 7.11 Å².